The van der Waals surface area contributed by atoms with Crippen LogP contribution in [0.15, 0.2) is 48.5 Å². The van der Waals surface area contributed by atoms with Crippen molar-refractivity contribution in [2.75, 3.05) is 5.32 Å². The van der Waals surface area contributed by atoms with Crippen molar-refractivity contribution in [2.45, 2.75) is 12.5 Å². The smallest absolute Gasteiger partial charge is 0.241 e. The molecule has 0 saturated carbocycles. The molecule has 0 spiro atoms. The third-order valence-corrected chi connectivity index (χ3v) is 3.81. The zero-order valence-corrected chi connectivity index (χ0v) is 13.6. The largest absolute Gasteiger partial charge is 0.323 e. The fraction of sp³-hybridized carbons (Fsp3) is 0.133. The SMILES string of the molecule is N[C@H](Cc1ccccc1)C(=O)Nc1ccc(I)cc1Cl. The Balaban J connectivity index is 2.01. The molecule has 0 aliphatic rings. The molecule has 0 heterocycles. The van der Waals surface area contributed by atoms with Crippen LogP contribution < -0.4 is 11.1 Å². The monoisotopic (exact) mass is 400 g/mol. The first kappa shape index (κ1) is 15.3. The average Bonchev–Trinajstić information content (AvgIpc) is 2.43. The quantitative estimate of drug-likeness (QED) is 0.772. The van der Waals surface area contributed by atoms with Crippen molar-refractivity contribution in [1.29, 1.82) is 0 Å². The van der Waals surface area contributed by atoms with E-state index in [-0.39, 0.29) is 5.91 Å². The van der Waals surface area contributed by atoms with Gasteiger partial charge in [-0.3, -0.25) is 4.79 Å². The summed E-state index contributed by atoms with van der Waals surface area (Å²) in [5.41, 5.74) is 7.54. The molecule has 5 heteroatoms. The minimum atomic E-state index is -0.604. The fourth-order valence-corrected chi connectivity index (χ4v) is 2.68. The summed E-state index contributed by atoms with van der Waals surface area (Å²) in [7, 11) is 0. The topological polar surface area (TPSA) is 55.1 Å². The Labute approximate surface area is 136 Å². The van der Waals surface area contributed by atoms with Gasteiger partial charge in [0, 0.05) is 3.57 Å². The lowest BCUT2D eigenvalue weighted by atomic mass is 10.1. The fourth-order valence-electron chi connectivity index (χ4n) is 1.78. The van der Waals surface area contributed by atoms with E-state index in [4.69, 9.17) is 17.3 Å². The van der Waals surface area contributed by atoms with Crippen LogP contribution >= 0.6 is 34.2 Å². The molecule has 20 heavy (non-hydrogen) atoms. The number of hydrogen-bond donors (Lipinski definition) is 2. The van der Waals surface area contributed by atoms with Crippen LogP contribution in [-0.2, 0) is 11.2 Å². The number of nitrogens with one attached hydrogen (secondary N) is 1. The van der Waals surface area contributed by atoms with Gasteiger partial charge in [0.25, 0.3) is 0 Å². The molecule has 2 aromatic carbocycles. The van der Waals surface area contributed by atoms with Crippen LogP contribution in [0, 0.1) is 3.57 Å². The number of benzene rings is 2. The first-order chi connectivity index (χ1) is 9.56. The van der Waals surface area contributed by atoms with Gasteiger partial charge in [-0.2, -0.15) is 0 Å². The third-order valence-electron chi connectivity index (χ3n) is 2.82. The van der Waals surface area contributed by atoms with Gasteiger partial charge in [-0.1, -0.05) is 41.9 Å². The first-order valence-electron chi connectivity index (χ1n) is 6.11. The molecule has 3 nitrogen and oxygen atoms in total. The minimum Gasteiger partial charge on any atom is -0.323 e. The van der Waals surface area contributed by atoms with Gasteiger partial charge in [-0.25, -0.2) is 0 Å². The molecule has 3 N–H and O–H groups in total. The molecular formula is C15H14ClIN2O. The number of anilines is 1. The predicted octanol–water partition coefficient (Wildman–Crippen LogP) is 3.45. The van der Waals surface area contributed by atoms with E-state index in [2.05, 4.69) is 27.9 Å². The summed E-state index contributed by atoms with van der Waals surface area (Å²) < 4.78 is 1.01. The predicted molar refractivity (Wildman–Crippen MR) is 90.9 cm³/mol. The highest BCUT2D eigenvalue weighted by Crippen LogP contribution is 2.23. The highest BCUT2D eigenvalue weighted by atomic mass is 127. The van der Waals surface area contributed by atoms with E-state index in [0.717, 1.165) is 9.13 Å². The molecule has 0 radical (unpaired) electrons. The zero-order valence-electron chi connectivity index (χ0n) is 10.6. The summed E-state index contributed by atoms with van der Waals surface area (Å²) in [6.07, 6.45) is 0.495. The van der Waals surface area contributed by atoms with Gasteiger partial charge >= 0.3 is 0 Å². The van der Waals surface area contributed by atoms with Gasteiger partial charge in [0.05, 0.1) is 16.8 Å². The second-order valence-electron chi connectivity index (χ2n) is 4.41. The summed E-state index contributed by atoms with van der Waals surface area (Å²) in [4.78, 5) is 12.1. The van der Waals surface area contributed by atoms with Crippen molar-refractivity contribution in [3.05, 3.63) is 62.7 Å². The number of hydrogen-bond acceptors (Lipinski definition) is 2. The summed E-state index contributed by atoms with van der Waals surface area (Å²) in [6, 6.07) is 14.5. The van der Waals surface area contributed by atoms with Crippen molar-refractivity contribution < 1.29 is 4.79 Å². The number of amides is 1. The zero-order chi connectivity index (χ0) is 14.5. The van der Waals surface area contributed by atoms with Crippen LogP contribution in [0.25, 0.3) is 0 Å². The molecule has 0 aliphatic carbocycles. The highest BCUT2D eigenvalue weighted by molar-refractivity contribution is 14.1. The standard InChI is InChI=1S/C15H14ClIN2O/c16-12-9-11(17)6-7-14(12)19-15(20)13(18)8-10-4-2-1-3-5-10/h1-7,9,13H,8,18H2,(H,19,20)/t13-/m1/s1. The lowest BCUT2D eigenvalue weighted by molar-refractivity contribution is -0.117. The summed E-state index contributed by atoms with van der Waals surface area (Å²) in [5.74, 6) is -0.239. The van der Waals surface area contributed by atoms with E-state index >= 15 is 0 Å². The highest BCUT2D eigenvalue weighted by Gasteiger charge is 2.15. The molecule has 1 amide bonds. The van der Waals surface area contributed by atoms with Gasteiger partial charge in [0.2, 0.25) is 5.91 Å². The Morgan fingerprint density at radius 3 is 2.60 bits per heavy atom. The molecule has 0 unspecified atom stereocenters. The van der Waals surface area contributed by atoms with Crippen molar-refractivity contribution in [2.24, 2.45) is 5.73 Å². The Bertz CT molecular complexity index is 604. The normalized spacial score (nSPS) is 11.9. The maximum atomic E-state index is 12.1. The minimum absolute atomic E-state index is 0.239. The number of halogens is 2. The second kappa shape index (κ2) is 7.06. The van der Waals surface area contributed by atoms with Crippen molar-refractivity contribution >= 4 is 45.8 Å². The number of nitrogens with two attached hydrogens (primary N) is 1. The Kier molecular flexibility index (Phi) is 5.39. The average molecular weight is 401 g/mol. The van der Waals surface area contributed by atoms with E-state index in [1.807, 2.05) is 36.4 Å². The van der Waals surface area contributed by atoms with Crippen LogP contribution in [0.3, 0.4) is 0 Å². The van der Waals surface area contributed by atoms with Crippen LogP contribution in [-0.4, -0.2) is 11.9 Å². The van der Waals surface area contributed by atoms with Crippen LogP contribution in [0.5, 0.6) is 0 Å². The summed E-state index contributed by atoms with van der Waals surface area (Å²) >= 11 is 8.24. The van der Waals surface area contributed by atoms with Crippen LogP contribution in [0.2, 0.25) is 5.02 Å². The number of carbonyl (C=O) groups excluding carboxylic acids is 1. The van der Waals surface area contributed by atoms with E-state index in [9.17, 15) is 4.79 Å². The summed E-state index contributed by atoms with van der Waals surface area (Å²) in [5, 5.41) is 3.27. The molecule has 2 rings (SSSR count). The molecule has 0 bridgehead atoms. The maximum absolute atomic E-state index is 12.1. The van der Waals surface area contributed by atoms with Crippen LogP contribution in [0.4, 0.5) is 5.69 Å². The Hall–Kier alpha value is -1.11. The Morgan fingerprint density at radius 1 is 1.25 bits per heavy atom. The van der Waals surface area contributed by atoms with E-state index in [1.54, 1.807) is 12.1 Å². The number of carbonyl (C=O) groups is 1. The first-order valence-corrected chi connectivity index (χ1v) is 7.57. The number of rotatable bonds is 4. The molecular weight excluding hydrogens is 387 g/mol. The van der Waals surface area contributed by atoms with Gasteiger partial charge < -0.3 is 11.1 Å². The summed E-state index contributed by atoms with van der Waals surface area (Å²) in [6.45, 7) is 0. The van der Waals surface area contributed by atoms with E-state index in [1.165, 1.54) is 0 Å². The van der Waals surface area contributed by atoms with Gasteiger partial charge in [0.15, 0.2) is 0 Å². The second-order valence-corrected chi connectivity index (χ2v) is 6.06. The van der Waals surface area contributed by atoms with Crippen molar-refractivity contribution in [3.63, 3.8) is 0 Å². The third kappa shape index (κ3) is 4.19. The van der Waals surface area contributed by atoms with E-state index < -0.39 is 6.04 Å². The lowest BCUT2D eigenvalue weighted by Gasteiger charge is -2.13. The maximum Gasteiger partial charge on any atom is 0.241 e. The van der Waals surface area contributed by atoms with E-state index in [0.29, 0.717) is 17.1 Å². The molecule has 0 fully saturated rings. The van der Waals surface area contributed by atoms with Gasteiger partial charge in [-0.15, -0.1) is 0 Å². The van der Waals surface area contributed by atoms with Crippen molar-refractivity contribution in [1.82, 2.24) is 0 Å². The van der Waals surface area contributed by atoms with Gasteiger partial charge in [0.1, 0.15) is 0 Å². The molecule has 104 valence electrons. The van der Waals surface area contributed by atoms with Crippen LogP contribution in [0.1, 0.15) is 5.56 Å². The lowest BCUT2D eigenvalue weighted by Crippen LogP contribution is -2.37. The van der Waals surface area contributed by atoms with Gasteiger partial charge in [-0.05, 0) is 52.8 Å². The van der Waals surface area contributed by atoms with Crippen molar-refractivity contribution in [3.8, 4) is 0 Å². The Morgan fingerprint density at radius 2 is 1.95 bits per heavy atom. The molecule has 1 atom stereocenters. The molecule has 2 aromatic rings. The molecule has 0 aliphatic heterocycles. The molecule has 0 saturated heterocycles. The molecule has 0 aromatic heterocycles.